The highest BCUT2D eigenvalue weighted by molar-refractivity contribution is 5.80. The van der Waals surface area contributed by atoms with E-state index in [1.165, 1.54) is 17.7 Å². The summed E-state index contributed by atoms with van der Waals surface area (Å²) < 4.78 is 6.23. The molecular formula is C11H16N2O3. The molecule has 0 N–H and O–H groups in total. The first kappa shape index (κ1) is 12.4. The Labute approximate surface area is 94.1 Å². The van der Waals surface area contributed by atoms with Gasteiger partial charge in [-0.25, -0.2) is 4.98 Å². The highest BCUT2D eigenvalue weighted by Gasteiger charge is 2.13. The van der Waals surface area contributed by atoms with E-state index >= 15 is 0 Å². The van der Waals surface area contributed by atoms with Crippen LogP contribution in [-0.4, -0.2) is 22.4 Å². The molecule has 0 radical (unpaired) electrons. The van der Waals surface area contributed by atoms with Crippen LogP contribution in [0.3, 0.4) is 0 Å². The molecule has 0 saturated heterocycles. The van der Waals surface area contributed by atoms with Crippen LogP contribution in [-0.2, 0) is 11.3 Å². The SMILES string of the molecule is COc1nc(C)cc(=O)n1CC(=O)C(C)C. The van der Waals surface area contributed by atoms with Crippen molar-refractivity contribution in [3.8, 4) is 6.01 Å². The van der Waals surface area contributed by atoms with Crippen LogP contribution in [0.5, 0.6) is 6.01 Å². The van der Waals surface area contributed by atoms with Crippen LogP contribution in [0.1, 0.15) is 19.5 Å². The number of hydrogen-bond acceptors (Lipinski definition) is 4. The average molecular weight is 224 g/mol. The van der Waals surface area contributed by atoms with Crippen LogP contribution in [0.15, 0.2) is 10.9 Å². The second kappa shape index (κ2) is 4.92. The Kier molecular flexibility index (Phi) is 3.82. The molecule has 88 valence electrons. The topological polar surface area (TPSA) is 61.2 Å². The Bertz CT molecular complexity index is 449. The Morgan fingerprint density at radius 3 is 2.69 bits per heavy atom. The minimum absolute atomic E-state index is 0.00690. The third-order valence-corrected chi connectivity index (χ3v) is 2.24. The predicted octanol–water partition coefficient (Wildman–Crippen LogP) is 0.785. The molecule has 0 aliphatic carbocycles. The normalized spacial score (nSPS) is 10.6. The molecule has 0 spiro atoms. The van der Waals surface area contributed by atoms with Crippen molar-refractivity contribution in [1.29, 1.82) is 0 Å². The highest BCUT2D eigenvalue weighted by atomic mass is 16.5. The van der Waals surface area contributed by atoms with Gasteiger partial charge < -0.3 is 4.74 Å². The van der Waals surface area contributed by atoms with Crippen molar-refractivity contribution < 1.29 is 9.53 Å². The monoisotopic (exact) mass is 224 g/mol. The van der Waals surface area contributed by atoms with Gasteiger partial charge in [0.2, 0.25) is 0 Å². The van der Waals surface area contributed by atoms with Gasteiger partial charge >= 0.3 is 0 Å². The Morgan fingerprint density at radius 1 is 1.56 bits per heavy atom. The average Bonchev–Trinajstić information content (AvgIpc) is 2.21. The fourth-order valence-electron chi connectivity index (χ4n) is 1.23. The van der Waals surface area contributed by atoms with E-state index < -0.39 is 0 Å². The van der Waals surface area contributed by atoms with Crippen molar-refractivity contribution in [2.45, 2.75) is 27.3 Å². The summed E-state index contributed by atoms with van der Waals surface area (Å²) in [5.41, 5.74) is 0.313. The number of ether oxygens (including phenoxy) is 1. The van der Waals surface area contributed by atoms with E-state index in [1.54, 1.807) is 20.8 Å². The minimum atomic E-state index is -0.265. The molecule has 0 aliphatic rings. The summed E-state index contributed by atoms with van der Waals surface area (Å²) in [5, 5.41) is 0. The van der Waals surface area contributed by atoms with Crippen LogP contribution >= 0.6 is 0 Å². The van der Waals surface area contributed by atoms with E-state index in [0.717, 1.165) is 0 Å². The number of methoxy groups -OCH3 is 1. The maximum Gasteiger partial charge on any atom is 0.299 e. The molecular weight excluding hydrogens is 208 g/mol. The molecule has 0 aliphatic heterocycles. The standard InChI is InChI=1S/C11H16N2O3/c1-7(2)9(14)6-13-10(15)5-8(3)12-11(13)16-4/h5,7H,6H2,1-4H3. The van der Waals surface area contributed by atoms with Crippen LogP contribution < -0.4 is 10.3 Å². The van der Waals surface area contributed by atoms with E-state index in [1.807, 2.05) is 0 Å². The summed E-state index contributed by atoms with van der Waals surface area (Å²) in [6.07, 6.45) is 0. The van der Waals surface area contributed by atoms with E-state index in [4.69, 9.17) is 4.74 Å². The fraction of sp³-hybridized carbons (Fsp3) is 0.545. The zero-order valence-electron chi connectivity index (χ0n) is 9.98. The molecule has 0 bridgehead atoms. The predicted molar refractivity (Wildman–Crippen MR) is 59.6 cm³/mol. The van der Waals surface area contributed by atoms with Gasteiger partial charge in [0.1, 0.15) is 0 Å². The summed E-state index contributed by atoms with van der Waals surface area (Å²) in [6, 6.07) is 1.56. The van der Waals surface area contributed by atoms with Crippen molar-refractivity contribution in [3.63, 3.8) is 0 Å². The molecule has 1 heterocycles. The van der Waals surface area contributed by atoms with Gasteiger partial charge in [0, 0.05) is 17.7 Å². The second-order valence-corrected chi connectivity index (χ2v) is 3.93. The molecule has 1 aromatic rings. The maximum atomic E-state index is 11.7. The molecule has 0 aromatic carbocycles. The Hall–Kier alpha value is -1.65. The molecule has 1 aromatic heterocycles. The van der Waals surface area contributed by atoms with Crippen LogP contribution in [0.25, 0.3) is 0 Å². The Morgan fingerprint density at radius 2 is 2.19 bits per heavy atom. The molecule has 16 heavy (non-hydrogen) atoms. The zero-order valence-corrected chi connectivity index (χ0v) is 9.98. The molecule has 0 amide bonds. The first-order valence-electron chi connectivity index (χ1n) is 5.11. The van der Waals surface area contributed by atoms with Gasteiger partial charge in [-0.15, -0.1) is 0 Å². The first-order chi connectivity index (χ1) is 7.45. The molecule has 0 fully saturated rings. The fourth-order valence-corrected chi connectivity index (χ4v) is 1.23. The summed E-state index contributed by atoms with van der Waals surface area (Å²) in [4.78, 5) is 27.3. The number of ketones is 1. The molecule has 0 atom stereocenters. The second-order valence-electron chi connectivity index (χ2n) is 3.93. The lowest BCUT2D eigenvalue weighted by Crippen LogP contribution is -2.28. The van der Waals surface area contributed by atoms with E-state index in [0.29, 0.717) is 5.69 Å². The number of aryl methyl sites for hydroxylation is 1. The molecule has 5 heteroatoms. The van der Waals surface area contributed by atoms with Crippen LogP contribution in [0.2, 0.25) is 0 Å². The van der Waals surface area contributed by atoms with E-state index in [2.05, 4.69) is 4.98 Å². The van der Waals surface area contributed by atoms with Gasteiger partial charge in [0.05, 0.1) is 13.7 Å². The minimum Gasteiger partial charge on any atom is -0.468 e. The van der Waals surface area contributed by atoms with Crippen molar-refractivity contribution in [2.24, 2.45) is 5.92 Å². The lowest BCUT2D eigenvalue weighted by atomic mass is 10.1. The lowest BCUT2D eigenvalue weighted by molar-refractivity contribution is -0.122. The largest absolute Gasteiger partial charge is 0.468 e. The number of hydrogen-bond donors (Lipinski definition) is 0. The number of aromatic nitrogens is 2. The van der Waals surface area contributed by atoms with Crippen LogP contribution in [0.4, 0.5) is 0 Å². The van der Waals surface area contributed by atoms with Gasteiger partial charge in [-0.3, -0.25) is 14.2 Å². The van der Waals surface area contributed by atoms with E-state index in [9.17, 15) is 9.59 Å². The van der Waals surface area contributed by atoms with Crippen molar-refractivity contribution in [2.75, 3.05) is 7.11 Å². The number of rotatable bonds is 4. The summed E-state index contributed by atoms with van der Waals surface area (Å²) in [5.74, 6) is -0.135. The number of carbonyl (C=O) groups excluding carboxylic acids is 1. The van der Waals surface area contributed by atoms with Gasteiger partial charge in [-0.05, 0) is 6.92 Å². The number of nitrogens with zero attached hydrogens (tertiary/aromatic N) is 2. The van der Waals surface area contributed by atoms with Gasteiger partial charge in [0.15, 0.2) is 5.78 Å². The lowest BCUT2D eigenvalue weighted by Gasteiger charge is -2.11. The summed E-state index contributed by atoms with van der Waals surface area (Å²) in [7, 11) is 1.43. The van der Waals surface area contributed by atoms with Gasteiger partial charge in [0.25, 0.3) is 11.6 Å². The molecule has 0 saturated carbocycles. The molecule has 5 nitrogen and oxygen atoms in total. The molecule has 0 unspecified atom stereocenters. The maximum absolute atomic E-state index is 11.7. The molecule has 1 rings (SSSR count). The van der Waals surface area contributed by atoms with E-state index in [-0.39, 0.29) is 29.8 Å². The highest BCUT2D eigenvalue weighted by Crippen LogP contribution is 2.06. The van der Waals surface area contributed by atoms with Gasteiger partial charge in [-0.2, -0.15) is 0 Å². The summed E-state index contributed by atoms with van der Waals surface area (Å²) >= 11 is 0. The van der Waals surface area contributed by atoms with Gasteiger partial charge in [-0.1, -0.05) is 13.8 Å². The quantitative estimate of drug-likeness (QED) is 0.758. The van der Waals surface area contributed by atoms with Crippen molar-refractivity contribution in [3.05, 3.63) is 22.1 Å². The van der Waals surface area contributed by atoms with Crippen molar-refractivity contribution in [1.82, 2.24) is 9.55 Å². The number of Topliss-reactive ketones (excluding diaryl/α,β-unsaturated/α-hetero) is 1. The third-order valence-electron chi connectivity index (χ3n) is 2.24. The van der Waals surface area contributed by atoms with Crippen LogP contribution in [0, 0.1) is 12.8 Å². The first-order valence-corrected chi connectivity index (χ1v) is 5.11. The third kappa shape index (κ3) is 2.68. The summed E-state index contributed by atoms with van der Waals surface area (Å²) in [6.45, 7) is 5.30. The number of carbonyl (C=O) groups is 1. The Balaban J connectivity index is 3.13. The zero-order chi connectivity index (χ0) is 12.3. The smallest absolute Gasteiger partial charge is 0.299 e. The van der Waals surface area contributed by atoms with Crippen molar-refractivity contribution >= 4 is 5.78 Å².